The van der Waals surface area contributed by atoms with Crippen LogP contribution >= 0.6 is 23.2 Å². The van der Waals surface area contributed by atoms with Gasteiger partial charge in [0.15, 0.2) is 0 Å². The smallest absolute Gasteiger partial charge is 0.244 e. The topological polar surface area (TPSA) is 78.1 Å². The number of hydrogen-bond acceptors (Lipinski definition) is 4. The molecule has 0 saturated heterocycles. The number of rotatable bonds is 9. The van der Waals surface area contributed by atoms with Crippen molar-refractivity contribution in [3.8, 4) is 0 Å². The van der Waals surface area contributed by atoms with Crippen molar-refractivity contribution in [3.63, 3.8) is 0 Å². The standard InChI is InChI=1S/C25H26Cl2N4O2S/c1-3-31(4-2)34(32,33)18-10-12-25(29-14-18)30-16-21(19-11-9-17(26)13-23(19)27)22-15-28-24-8-6-5-7-20(22)24/h5-15,21,28H,3-4,16H2,1-2H3,(H,29,30). The van der Waals surface area contributed by atoms with E-state index in [1.165, 1.54) is 10.5 Å². The highest BCUT2D eigenvalue weighted by Gasteiger charge is 2.23. The first kappa shape index (κ1) is 24.5. The van der Waals surface area contributed by atoms with Gasteiger partial charge in [0.2, 0.25) is 10.0 Å². The number of aromatic nitrogens is 2. The summed E-state index contributed by atoms with van der Waals surface area (Å²) in [4.78, 5) is 7.87. The number of halogens is 2. The summed E-state index contributed by atoms with van der Waals surface area (Å²) in [5.74, 6) is 0.482. The lowest BCUT2D eigenvalue weighted by molar-refractivity contribution is 0.445. The molecule has 34 heavy (non-hydrogen) atoms. The van der Waals surface area contributed by atoms with Gasteiger partial charge in [-0.3, -0.25) is 0 Å². The molecule has 4 aromatic rings. The minimum absolute atomic E-state index is 0.0956. The van der Waals surface area contributed by atoms with Crippen molar-refractivity contribution < 1.29 is 8.42 Å². The number of anilines is 1. The molecule has 0 bridgehead atoms. The third-order valence-electron chi connectivity index (χ3n) is 5.90. The largest absolute Gasteiger partial charge is 0.369 e. The van der Waals surface area contributed by atoms with Crippen LogP contribution in [0.15, 0.2) is 71.9 Å². The Labute approximate surface area is 210 Å². The van der Waals surface area contributed by atoms with Crippen LogP contribution in [0.2, 0.25) is 10.0 Å². The number of pyridine rings is 1. The summed E-state index contributed by atoms with van der Waals surface area (Å²) in [5, 5.41) is 5.61. The Morgan fingerprint density at radius 3 is 2.47 bits per heavy atom. The molecule has 0 aliphatic rings. The zero-order valence-corrected chi connectivity index (χ0v) is 21.3. The van der Waals surface area contributed by atoms with Gasteiger partial charge in [0.05, 0.1) is 0 Å². The maximum Gasteiger partial charge on any atom is 0.244 e. The average molecular weight is 517 g/mol. The predicted molar refractivity (Wildman–Crippen MR) is 139 cm³/mol. The van der Waals surface area contributed by atoms with E-state index in [1.807, 2.05) is 50.4 Å². The van der Waals surface area contributed by atoms with Gasteiger partial charge in [-0.2, -0.15) is 4.31 Å². The van der Waals surface area contributed by atoms with Crippen molar-refractivity contribution in [3.05, 3.63) is 88.2 Å². The fourth-order valence-electron chi connectivity index (χ4n) is 4.11. The van der Waals surface area contributed by atoms with E-state index >= 15 is 0 Å². The van der Waals surface area contributed by atoms with Gasteiger partial charge in [0.25, 0.3) is 0 Å². The average Bonchev–Trinajstić information content (AvgIpc) is 3.25. The first-order chi connectivity index (χ1) is 16.3. The number of aromatic amines is 1. The highest BCUT2D eigenvalue weighted by atomic mass is 35.5. The lowest BCUT2D eigenvalue weighted by Crippen LogP contribution is -2.30. The Morgan fingerprint density at radius 2 is 1.79 bits per heavy atom. The second-order valence-electron chi connectivity index (χ2n) is 7.86. The van der Waals surface area contributed by atoms with Crippen LogP contribution in [0.25, 0.3) is 10.9 Å². The number of H-pyrrole nitrogens is 1. The SMILES string of the molecule is CCN(CC)S(=O)(=O)c1ccc(NCC(c2ccc(Cl)cc2Cl)c2c[nH]c3ccccc23)nc1. The Bertz CT molecular complexity index is 1380. The van der Waals surface area contributed by atoms with E-state index in [2.05, 4.69) is 21.4 Å². The molecule has 0 aliphatic heterocycles. The number of sulfonamides is 1. The van der Waals surface area contributed by atoms with Crippen LogP contribution in [0.4, 0.5) is 5.82 Å². The van der Waals surface area contributed by atoms with Crippen LogP contribution in [-0.4, -0.2) is 42.3 Å². The van der Waals surface area contributed by atoms with Gasteiger partial charge in [-0.05, 0) is 41.5 Å². The summed E-state index contributed by atoms with van der Waals surface area (Å²) in [7, 11) is -3.55. The van der Waals surface area contributed by atoms with Crippen molar-refractivity contribution in [2.45, 2.75) is 24.7 Å². The van der Waals surface area contributed by atoms with Gasteiger partial charge in [0, 0.05) is 58.9 Å². The molecule has 0 spiro atoms. The van der Waals surface area contributed by atoms with E-state index in [0.717, 1.165) is 22.0 Å². The summed E-state index contributed by atoms with van der Waals surface area (Å²) in [6.07, 6.45) is 3.39. The third-order valence-corrected chi connectivity index (χ3v) is 8.50. The molecular weight excluding hydrogens is 491 g/mol. The molecule has 0 fully saturated rings. The molecule has 0 aliphatic carbocycles. The predicted octanol–water partition coefficient (Wildman–Crippen LogP) is 6.14. The summed E-state index contributed by atoms with van der Waals surface area (Å²) in [6, 6.07) is 16.9. The third kappa shape index (κ3) is 4.93. The fourth-order valence-corrected chi connectivity index (χ4v) is 6.05. The number of nitrogens with zero attached hydrogens (tertiary/aromatic N) is 2. The Hall–Kier alpha value is -2.58. The fraction of sp³-hybridized carbons (Fsp3) is 0.240. The van der Waals surface area contributed by atoms with Crippen LogP contribution in [-0.2, 0) is 10.0 Å². The van der Waals surface area contributed by atoms with E-state index in [9.17, 15) is 8.42 Å². The molecule has 4 rings (SSSR count). The quantitative estimate of drug-likeness (QED) is 0.279. The Morgan fingerprint density at radius 1 is 1.03 bits per heavy atom. The first-order valence-electron chi connectivity index (χ1n) is 11.1. The van der Waals surface area contributed by atoms with Gasteiger partial charge in [-0.1, -0.05) is 61.3 Å². The Kier molecular flexibility index (Phi) is 7.48. The molecule has 9 heteroatoms. The number of hydrogen-bond donors (Lipinski definition) is 2. The van der Waals surface area contributed by atoms with Gasteiger partial charge in [-0.15, -0.1) is 0 Å². The second kappa shape index (κ2) is 10.4. The summed E-state index contributed by atoms with van der Waals surface area (Å²) >= 11 is 12.7. The van der Waals surface area contributed by atoms with E-state index in [4.69, 9.17) is 23.2 Å². The van der Waals surface area contributed by atoms with Gasteiger partial charge < -0.3 is 10.3 Å². The summed E-state index contributed by atoms with van der Waals surface area (Å²) in [5.41, 5.74) is 3.06. The normalized spacial score (nSPS) is 12.9. The highest BCUT2D eigenvalue weighted by molar-refractivity contribution is 7.89. The molecule has 2 heterocycles. The van der Waals surface area contributed by atoms with Crippen molar-refractivity contribution >= 4 is 49.9 Å². The molecule has 2 aromatic carbocycles. The molecular formula is C25H26Cl2N4O2S. The van der Waals surface area contributed by atoms with Crippen molar-refractivity contribution in [1.29, 1.82) is 0 Å². The van der Waals surface area contributed by atoms with E-state index < -0.39 is 10.0 Å². The molecule has 6 nitrogen and oxygen atoms in total. The molecule has 2 aromatic heterocycles. The summed E-state index contributed by atoms with van der Waals surface area (Å²) < 4.78 is 26.9. The monoisotopic (exact) mass is 516 g/mol. The molecule has 0 amide bonds. The van der Waals surface area contributed by atoms with Crippen LogP contribution in [0.5, 0.6) is 0 Å². The molecule has 178 valence electrons. The van der Waals surface area contributed by atoms with Crippen LogP contribution in [0.1, 0.15) is 30.9 Å². The van der Waals surface area contributed by atoms with Crippen LogP contribution in [0, 0.1) is 0 Å². The summed E-state index contributed by atoms with van der Waals surface area (Å²) in [6.45, 7) is 4.95. The van der Waals surface area contributed by atoms with Crippen LogP contribution < -0.4 is 5.32 Å². The highest BCUT2D eigenvalue weighted by Crippen LogP contribution is 2.36. The van der Waals surface area contributed by atoms with Crippen LogP contribution in [0.3, 0.4) is 0 Å². The minimum Gasteiger partial charge on any atom is -0.369 e. The lowest BCUT2D eigenvalue weighted by atomic mass is 9.90. The van der Waals surface area contributed by atoms with Crippen molar-refractivity contribution in [2.75, 3.05) is 25.0 Å². The van der Waals surface area contributed by atoms with Gasteiger partial charge >= 0.3 is 0 Å². The molecule has 2 N–H and O–H groups in total. The molecule has 1 atom stereocenters. The lowest BCUT2D eigenvalue weighted by Gasteiger charge is -2.20. The number of fused-ring (bicyclic) bond motifs is 1. The number of benzene rings is 2. The first-order valence-corrected chi connectivity index (χ1v) is 13.3. The maximum absolute atomic E-state index is 12.7. The molecule has 0 radical (unpaired) electrons. The second-order valence-corrected chi connectivity index (χ2v) is 10.6. The van der Waals surface area contributed by atoms with E-state index in [0.29, 0.717) is 35.5 Å². The van der Waals surface area contributed by atoms with E-state index in [-0.39, 0.29) is 10.8 Å². The zero-order chi connectivity index (χ0) is 24.3. The van der Waals surface area contributed by atoms with E-state index in [1.54, 1.807) is 18.2 Å². The van der Waals surface area contributed by atoms with Gasteiger partial charge in [0.1, 0.15) is 10.7 Å². The zero-order valence-electron chi connectivity index (χ0n) is 18.9. The molecule has 0 saturated carbocycles. The number of para-hydroxylation sites is 1. The molecule has 1 unspecified atom stereocenters. The van der Waals surface area contributed by atoms with Gasteiger partial charge in [-0.25, -0.2) is 13.4 Å². The van der Waals surface area contributed by atoms with Crippen molar-refractivity contribution in [2.24, 2.45) is 0 Å². The Balaban J connectivity index is 1.63. The van der Waals surface area contributed by atoms with Crippen molar-refractivity contribution in [1.82, 2.24) is 14.3 Å². The maximum atomic E-state index is 12.7. The minimum atomic E-state index is -3.55. The number of nitrogens with one attached hydrogen (secondary N) is 2.